The number of rotatable bonds is 6. The summed E-state index contributed by atoms with van der Waals surface area (Å²) in [6.45, 7) is 3.01. The molecule has 0 aromatic heterocycles. The highest BCUT2D eigenvalue weighted by molar-refractivity contribution is 5.18. The summed E-state index contributed by atoms with van der Waals surface area (Å²) in [6.07, 6.45) is 8.61. The van der Waals surface area contributed by atoms with E-state index in [1.165, 1.54) is 44.2 Å². The lowest BCUT2D eigenvalue weighted by Crippen LogP contribution is -2.33. The van der Waals surface area contributed by atoms with Crippen LogP contribution in [-0.2, 0) is 6.42 Å². The first-order valence-electron chi connectivity index (χ1n) is 7.86. The number of hydrogen-bond acceptors (Lipinski definition) is 1. The topological polar surface area (TPSA) is 12.0 Å². The van der Waals surface area contributed by atoms with Crippen LogP contribution in [0.3, 0.4) is 0 Å². The van der Waals surface area contributed by atoms with Gasteiger partial charge in [-0.25, -0.2) is 8.78 Å². The Morgan fingerprint density at radius 2 is 1.90 bits per heavy atom. The maximum Gasteiger partial charge on any atom is 0.159 e. The molecule has 1 saturated carbocycles. The van der Waals surface area contributed by atoms with Crippen LogP contribution >= 0.6 is 0 Å². The lowest BCUT2D eigenvalue weighted by molar-refractivity contribution is 0.298. The van der Waals surface area contributed by atoms with Gasteiger partial charge in [-0.2, -0.15) is 0 Å². The number of likely N-dealkylation sites (N-methyl/N-ethyl adjacent to an activating group) is 1. The summed E-state index contributed by atoms with van der Waals surface area (Å²) in [7, 11) is 0. The van der Waals surface area contributed by atoms with Crippen molar-refractivity contribution in [3.05, 3.63) is 35.4 Å². The average molecular weight is 281 g/mol. The van der Waals surface area contributed by atoms with Crippen molar-refractivity contribution in [2.45, 2.75) is 57.9 Å². The molecule has 0 spiro atoms. The van der Waals surface area contributed by atoms with Gasteiger partial charge in [0.2, 0.25) is 0 Å². The standard InChI is InChI=1S/C17H25F2N/c1-2-20-15(10-13-6-4-3-5-7-13)11-14-8-9-16(18)17(19)12-14/h8-9,12-13,15,20H,2-7,10-11H2,1H3. The van der Waals surface area contributed by atoms with Gasteiger partial charge in [-0.3, -0.25) is 0 Å². The van der Waals surface area contributed by atoms with Crippen LogP contribution in [-0.4, -0.2) is 12.6 Å². The van der Waals surface area contributed by atoms with Crippen LogP contribution in [0.5, 0.6) is 0 Å². The van der Waals surface area contributed by atoms with E-state index >= 15 is 0 Å². The molecule has 1 aliphatic rings. The summed E-state index contributed by atoms with van der Waals surface area (Å²) in [4.78, 5) is 0. The molecule has 0 amide bonds. The molecule has 1 atom stereocenters. The largest absolute Gasteiger partial charge is 0.314 e. The molecule has 0 heterocycles. The Labute approximate surface area is 120 Å². The summed E-state index contributed by atoms with van der Waals surface area (Å²) >= 11 is 0. The van der Waals surface area contributed by atoms with E-state index in [9.17, 15) is 8.78 Å². The molecular formula is C17H25F2N. The molecule has 0 radical (unpaired) electrons. The van der Waals surface area contributed by atoms with E-state index in [0.717, 1.165) is 30.9 Å². The molecule has 1 unspecified atom stereocenters. The van der Waals surface area contributed by atoms with Crippen LogP contribution in [0.15, 0.2) is 18.2 Å². The van der Waals surface area contributed by atoms with Crippen LogP contribution < -0.4 is 5.32 Å². The van der Waals surface area contributed by atoms with Crippen molar-refractivity contribution in [2.75, 3.05) is 6.54 Å². The van der Waals surface area contributed by atoms with Crippen molar-refractivity contribution in [3.63, 3.8) is 0 Å². The fourth-order valence-corrected chi connectivity index (χ4v) is 3.30. The highest BCUT2D eigenvalue weighted by atomic mass is 19.2. The average Bonchev–Trinajstić information content (AvgIpc) is 2.44. The normalized spacial score (nSPS) is 18.1. The number of benzene rings is 1. The lowest BCUT2D eigenvalue weighted by Gasteiger charge is -2.27. The number of halogens is 2. The molecule has 0 saturated heterocycles. The second kappa shape index (κ2) is 7.72. The van der Waals surface area contributed by atoms with Gasteiger partial charge in [0.1, 0.15) is 0 Å². The van der Waals surface area contributed by atoms with Gasteiger partial charge >= 0.3 is 0 Å². The zero-order valence-electron chi connectivity index (χ0n) is 12.3. The van der Waals surface area contributed by atoms with E-state index < -0.39 is 11.6 Å². The van der Waals surface area contributed by atoms with E-state index in [1.54, 1.807) is 6.07 Å². The van der Waals surface area contributed by atoms with Gasteiger partial charge in [-0.15, -0.1) is 0 Å². The Balaban J connectivity index is 1.94. The molecule has 1 fully saturated rings. The van der Waals surface area contributed by atoms with Crippen LogP contribution in [0.4, 0.5) is 8.78 Å². The third kappa shape index (κ3) is 4.55. The summed E-state index contributed by atoms with van der Waals surface area (Å²) in [5, 5.41) is 3.50. The Bertz CT molecular complexity index is 413. The highest BCUT2D eigenvalue weighted by Crippen LogP contribution is 2.28. The lowest BCUT2D eigenvalue weighted by atomic mass is 9.83. The smallest absolute Gasteiger partial charge is 0.159 e. The predicted molar refractivity (Wildman–Crippen MR) is 78.7 cm³/mol. The summed E-state index contributed by atoms with van der Waals surface area (Å²) < 4.78 is 26.2. The summed E-state index contributed by atoms with van der Waals surface area (Å²) in [6, 6.07) is 4.63. The monoisotopic (exact) mass is 281 g/mol. The summed E-state index contributed by atoms with van der Waals surface area (Å²) in [5.41, 5.74) is 0.880. The van der Waals surface area contributed by atoms with Crippen LogP contribution in [0.1, 0.15) is 51.0 Å². The molecule has 1 aliphatic carbocycles. The Morgan fingerprint density at radius 3 is 2.55 bits per heavy atom. The maximum absolute atomic E-state index is 13.3. The Morgan fingerprint density at radius 1 is 1.15 bits per heavy atom. The van der Waals surface area contributed by atoms with E-state index in [-0.39, 0.29) is 0 Å². The zero-order chi connectivity index (χ0) is 14.4. The van der Waals surface area contributed by atoms with E-state index in [1.807, 2.05) is 0 Å². The summed E-state index contributed by atoms with van der Waals surface area (Å²) in [5.74, 6) is -0.713. The number of nitrogens with one attached hydrogen (secondary N) is 1. The molecule has 3 heteroatoms. The molecule has 0 aliphatic heterocycles. The highest BCUT2D eigenvalue weighted by Gasteiger charge is 2.19. The fourth-order valence-electron chi connectivity index (χ4n) is 3.30. The first-order chi connectivity index (χ1) is 9.69. The van der Waals surface area contributed by atoms with Gasteiger partial charge in [-0.05, 0) is 43.0 Å². The van der Waals surface area contributed by atoms with Gasteiger partial charge in [0, 0.05) is 6.04 Å². The number of hydrogen-bond donors (Lipinski definition) is 1. The first-order valence-corrected chi connectivity index (χ1v) is 7.86. The molecular weight excluding hydrogens is 256 g/mol. The van der Waals surface area contributed by atoms with Crippen LogP contribution in [0.25, 0.3) is 0 Å². The molecule has 20 heavy (non-hydrogen) atoms. The van der Waals surface area contributed by atoms with Crippen molar-refractivity contribution in [3.8, 4) is 0 Å². The van der Waals surface area contributed by atoms with Gasteiger partial charge in [0.15, 0.2) is 11.6 Å². The molecule has 2 rings (SSSR count). The molecule has 0 bridgehead atoms. The predicted octanol–water partition coefficient (Wildman–Crippen LogP) is 4.46. The van der Waals surface area contributed by atoms with Crippen molar-refractivity contribution < 1.29 is 8.78 Å². The Hall–Kier alpha value is -0.960. The van der Waals surface area contributed by atoms with E-state index in [2.05, 4.69) is 12.2 Å². The molecule has 1 aromatic rings. The fraction of sp³-hybridized carbons (Fsp3) is 0.647. The van der Waals surface area contributed by atoms with Crippen LogP contribution in [0.2, 0.25) is 0 Å². The van der Waals surface area contributed by atoms with E-state index in [0.29, 0.717) is 6.04 Å². The maximum atomic E-state index is 13.3. The minimum atomic E-state index is -0.763. The second-order valence-electron chi connectivity index (χ2n) is 5.95. The van der Waals surface area contributed by atoms with Crippen LogP contribution in [0, 0.1) is 17.6 Å². The van der Waals surface area contributed by atoms with Gasteiger partial charge in [0.25, 0.3) is 0 Å². The third-order valence-electron chi connectivity index (χ3n) is 4.30. The quantitative estimate of drug-likeness (QED) is 0.812. The third-order valence-corrected chi connectivity index (χ3v) is 4.30. The molecule has 1 nitrogen and oxygen atoms in total. The minimum Gasteiger partial charge on any atom is -0.314 e. The molecule has 112 valence electrons. The van der Waals surface area contributed by atoms with Crippen molar-refractivity contribution in [2.24, 2.45) is 5.92 Å². The first kappa shape index (κ1) is 15.4. The minimum absolute atomic E-state index is 0.368. The SMILES string of the molecule is CCNC(Cc1ccc(F)c(F)c1)CC1CCCCC1. The van der Waals surface area contributed by atoms with Crippen molar-refractivity contribution in [1.29, 1.82) is 0 Å². The molecule has 1 N–H and O–H groups in total. The van der Waals surface area contributed by atoms with Crippen molar-refractivity contribution >= 4 is 0 Å². The Kier molecular flexibility index (Phi) is 5.96. The van der Waals surface area contributed by atoms with Gasteiger partial charge < -0.3 is 5.32 Å². The van der Waals surface area contributed by atoms with Gasteiger partial charge in [0.05, 0.1) is 0 Å². The second-order valence-corrected chi connectivity index (χ2v) is 5.95. The van der Waals surface area contributed by atoms with Crippen molar-refractivity contribution in [1.82, 2.24) is 5.32 Å². The zero-order valence-corrected chi connectivity index (χ0v) is 12.3. The van der Waals surface area contributed by atoms with E-state index in [4.69, 9.17) is 0 Å². The van der Waals surface area contributed by atoms with Gasteiger partial charge in [-0.1, -0.05) is 45.1 Å². The molecule has 1 aromatic carbocycles.